The molecule has 8 heteroatoms. The Hall–Kier alpha value is -3.39. The van der Waals surface area contributed by atoms with Crippen LogP contribution in [0.4, 0.5) is 5.69 Å². The van der Waals surface area contributed by atoms with Crippen molar-refractivity contribution in [2.75, 3.05) is 17.6 Å². The number of ketones is 1. The minimum atomic E-state index is -3.41. The maximum Gasteiger partial charge on any atom is 0.342 e. The average molecular weight is 399 g/mol. The first-order chi connectivity index (χ1) is 13.2. The highest BCUT2D eigenvalue weighted by Gasteiger charge is 2.17. The Kier molecular flexibility index (Phi) is 5.32. The van der Waals surface area contributed by atoms with Gasteiger partial charge in [-0.25, -0.2) is 13.2 Å². The van der Waals surface area contributed by atoms with Crippen molar-refractivity contribution in [1.29, 1.82) is 0 Å². The number of hydrogen-bond acceptors (Lipinski definition) is 6. The van der Waals surface area contributed by atoms with E-state index in [4.69, 9.17) is 4.74 Å². The Morgan fingerprint density at radius 2 is 1.68 bits per heavy atom. The summed E-state index contributed by atoms with van der Waals surface area (Å²) in [7, 11) is -3.41. The molecule has 3 aromatic carbocycles. The van der Waals surface area contributed by atoms with Gasteiger partial charge in [-0.3, -0.25) is 9.52 Å². The molecule has 0 aliphatic carbocycles. The van der Waals surface area contributed by atoms with Gasteiger partial charge in [0.25, 0.3) is 0 Å². The first-order valence-corrected chi connectivity index (χ1v) is 10.1. The van der Waals surface area contributed by atoms with Gasteiger partial charge < -0.3 is 9.84 Å². The fourth-order valence-electron chi connectivity index (χ4n) is 2.65. The quantitative estimate of drug-likeness (QED) is 0.487. The van der Waals surface area contributed by atoms with Gasteiger partial charge in [-0.05, 0) is 35.7 Å². The number of phenols is 1. The Morgan fingerprint density at radius 3 is 2.36 bits per heavy atom. The van der Waals surface area contributed by atoms with E-state index in [1.165, 1.54) is 30.3 Å². The van der Waals surface area contributed by atoms with Crippen LogP contribution in [0, 0.1) is 0 Å². The van der Waals surface area contributed by atoms with Crippen molar-refractivity contribution >= 4 is 38.2 Å². The summed E-state index contributed by atoms with van der Waals surface area (Å²) in [4.78, 5) is 24.4. The van der Waals surface area contributed by atoms with Crippen LogP contribution in [0.15, 0.2) is 60.7 Å². The summed E-state index contributed by atoms with van der Waals surface area (Å²) in [6.07, 6.45) is 1.02. The van der Waals surface area contributed by atoms with Crippen LogP contribution in [0.1, 0.15) is 20.7 Å². The van der Waals surface area contributed by atoms with Crippen LogP contribution in [-0.4, -0.2) is 38.1 Å². The van der Waals surface area contributed by atoms with Gasteiger partial charge in [0.05, 0.1) is 6.26 Å². The number of ether oxygens (including phenoxy) is 1. The molecule has 3 aromatic rings. The molecule has 0 fully saturated rings. The van der Waals surface area contributed by atoms with Gasteiger partial charge in [-0.2, -0.15) is 0 Å². The number of esters is 1. The number of carbonyl (C=O) groups excluding carboxylic acids is 2. The third-order valence-corrected chi connectivity index (χ3v) is 4.57. The molecule has 0 atom stereocenters. The number of sulfonamides is 1. The van der Waals surface area contributed by atoms with Crippen molar-refractivity contribution in [2.45, 2.75) is 0 Å². The Balaban J connectivity index is 1.67. The largest absolute Gasteiger partial charge is 0.506 e. The number of benzene rings is 3. The first-order valence-electron chi connectivity index (χ1n) is 8.23. The van der Waals surface area contributed by atoms with Gasteiger partial charge in [-0.15, -0.1) is 0 Å². The smallest absolute Gasteiger partial charge is 0.342 e. The van der Waals surface area contributed by atoms with E-state index in [9.17, 15) is 23.1 Å². The van der Waals surface area contributed by atoms with Gasteiger partial charge in [0.2, 0.25) is 10.0 Å². The summed E-state index contributed by atoms with van der Waals surface area (Å²) < 4.78 is 29.7. The van der Waals surface area contributed by atoms with E-state index >= 15 is 0 Å². The molecule has 0 unspecified atom stereocenters. The number of carbonyl (C=O) groups is 2. The summed E-state index contributed by atoms with van der Waals surface area (Å²) in [5, 5.41) is 11.6. The Bertz CT molecular complexity index is 1150. The third kappa shape index (κ3) is 4.47. The monoisotopic (exact) mass is 399 g/mol. The summed E-state index contributed by atoms with van der Waals surface area (Å²) in [6.45, 7) is -0.510. The molecule has 2 N–H and O–H groups in total. The lowest BCUT2D eigenvalue weighted by molar-refractivity contribution is 0.0472. The van der Waals surface area contributed by atoms with Crippen molar-refractivity contribution in [2.24, 2.45) is 0 Å². The van der Waals surface area contributed by atoms with Crippen molar-refractivity contribution in [3.05, 3.63) is 71.8 Å². The highest BCUT2D eigenvalue weighted by molar-refractivity contribution is 7.92. The molecule has 3 rings (SSSR count). The van der Waals surface area contributed by atoms with E-state index in [1.54, 1.807) is 24.3 Å². The van der Waals surface area contributed by atoms with Gasteiger partial charge in [0.1, 0.15) is 11.3 Å². The molecule has 0 aliphatic heterocycles. The van der Waals surface area contributed by atoms with Gasteiger partial charge in [0, 0.05) is 16.6 Å². The SMILES string of the molecule is CS(=O)(=O)Nc1ccc(C(=O)COC(=O)c2ccc3ccccc3c2O)cc1. The number of fused-ring (bicyclic) bond motifs is 1. The second-order valence-electron chi connectivity index (χ2n) is 6.13. The molecule has 0 bridgehead atoms. The van der Waals surface area contributed by atoms with Gasteiger partial charge in [-0.1, -0.05) is 30.3 Å². The molecular formula is C20H17NO6S. The van der Waals surface area contributed by atoms with E-state index in [1.807, 2.05) is 6.07 Å². The summed E-state index contributed by atoms with van der Waals surface area (Å²) in [6, 6.07) is 15.9. The average Bonchev–Trinajstić information content (AvgIpc) is 2.65. The van der Waals surface area contributed by atoms with Crippen LogP contribution in [0.2, 0.25) is 0 Å². The zero-order chi connectivity index (χ0) is 20.3. The number of rotatable bonds is 6. The molecular weight excluding hydrogens is 382 g/mol. The number of hydrogen-bond donors (Lipinski definition) is 2. The van der Waals surface area contributed by atoms with Crippen molar-refractivity contribution in [3.8, 4) is 5.75 Å². The molecule has 0 amide bonds. The Morgan fingerprint density at radius 1 is 1.00 bits per heavy atom. The van der Waals surface area contributed by atoms with Crippen molar-refractivity contribution in [3.63, 3.8) is 0 Å². The molecule has 0 spiro atoms. The Labute approximate surface area is 161 Å². The van der Waals surface area contributed by atoms with Gasteiger partial charge >= 0.3 is 5.97 Å². The van der Waals surface area contributed by atoms with Crippen LogP contribution in [0.5, 0.6) is 5.75 Å². The van der Waals surface area contributed by atoms with E-state index < -0.39 is 28.4 Å². The normalized spacial score (nSPS) is 11.2. The molecule has 0 aliphatic rings. The van der Waals surface area contributed by atoms with E-state index in [0.29, 0.717) is 11.1 Å². The number of phenolic OH excluding ortho intramolecular Hbond substituents is 1. The lowest BCUT2D eigenvalue weighted by Gasteiger charge is -2.09. The molecule has 28 heavy (non-hydrogen) atoms. The third-order valence-electron chi connectivity index (χ3n) is 3.96. The maximum absolute atomic E-state index is 12.2. The second kappa shape index (κ2) is 7.69. The number of aromatic hydroxyl groups is 1. The molecule has 0 saturated carbocycles. The van der Waals surface area contributed by atoms with Crippen LogP contribution < -0.4 is 4.72 Å². The summed E-state index contributed by atoms with van der Waals surface area (Å²) in [5.74, 6) is -1.47. The highest BCUT2D eigenvalue weighted by atomic mass is 32.2. The van der Waals surface area contributed by atoms with E-state index in [2.05, 4.69) is 4.72 Å². The van der Waals surface area contributed by atoms with Crippen LogP contribution >= 0.6 is 0 Å². The fourth-order valence-corrected chi connectivity index (χ4v) is 3.21. The highest BCUT2D eigenvalue weighted by Crippen LogP contribution is 2.29. The molecule has 0 saturated heterocycles. The lowest BCUT2D eigenvalue weighted by atomic mass is 10.1. The van der Waals surface area contributed by atoms with Crippen LogP contribution in [0.25, 0.3) is 10.8 Å². The standard InChI is InChI=1S/C20H17NO6S/c1-28(25,26)21-15-9-6-14(7-10-15)18(22)12-27-20(24)17-11-8-13-4-2-3-5-16(13)19(17)23/h2-11,21,23H,12H2,1H3. The second-order valence-corrected chi connectivity index (χ2v) is 7.88. The predicted molar refractivity (Wildman–Crippen MR) is 105 cm³/mol. The first kappa shape index (κ1) is 19.4. The van der Waals surface area contributed by atoms with E-state index in [-0.39, 0.29) is 16.9 Å². The van der Waals surface area contributed by atoms with Gasteiger partial charge in [0.15, 0.2) is 12.4 Å². The molecule has 144 valence electrons. The maximum atomic E-state index is 12.2. The predicted octanol–water partition coefficient (Wildman–Crippen LogP) is 2.96. The van der Waals surface area contributed by atoms with Crippen LogP contribution in [0.3, 0.4) is 0 Å². The van der Waals surface area contributed by atoms with Crippen molar-refractivity contribution in [1.82, 2.24) is 0 Å². The zero-order valence-electron chi connectivity index (χ0n) is 14.9. The van der Waals surface area contributed by atoms with Crippen molar-refractivity contribution < 1.29 is 27.9 Å². The number of Topliss-reactive ketones (excluding diaryl/α,β-unsaturated/α-hetero) is 1. The lowest BCUT2D eigenvalue weighted by Crippen LogP contribution is -2.15. The summed E-state index contributed by atoms with van der Waals surface area (Å²) in [5.41, 5.74) is 0.547. The zero-order valence-corrected chi connectivity index (χ0v) is 15.7. The van der Waals surface area contributed by atoms with E-state index in [0.717, 1.165) is 11.6 Å². The molecule has 0 heterocycles. The minimum Gasteiger partial charge on any atom is -0.506 e. The molecule has 0 radical (unpaired) electrons. The fraction of sp³-hybridized carbons (Fsp3) is 0.100. The topological polar surface area (TPSA) is 110 Å². The molecule has 0 aromatic heterocycles. The molecule has 7 nitrogen and oxygen atoms in total. The summed E-state index contributed by atoms with van der Waals surface area (Å²) >= 11 is 0. The number of nitrogens with one attached hydrogen (secondary N) is 1. The minimum absolute atomic E-state index is 0.0285. The van der Waals surface area contributed by atoms with Crippen LogP contribution in [-0.2, 0) is 14.8 Å². The number of anilines is 1.